The van der Waals surface area contributed by atoms with Crippen molar-refractivity contribution in [2.24, 2.45) is 0 Å². The average molecular weight is 488 g/mol. The number of nitrogens with one attached hydrogen (secondary N) is 1. The van der Waals surface area contributed by atoms with E-state index in [0.29, 0.717) is 34.2 Å². The van der Waals surface area contributed by atoms with Gasteiger partial charge < -0.3 is 20.5 Å². The van der Waals surface area contributed by atoms with Gasteiger partial charge in [0.1, 0.15) is 6.33 Å². The number of aromatic nitrogens is 6. The molecule has 0 radical (unpaired) electrons. The molecule has 0 atom stereocenters. The molecule has 1 aliphatic rings. The molecular formula is C25H29N9O2. The number of nitrogen functional groups attached to an aromatic ring is 1. The number of likely N-dealkylation sites (tertiary alicyclic amines) is 1. The summed E-state index contributed by atoms with van der Waals surface area (Å²) < 4.78 is 12.3. The largest absolute Gasteiger partial charge is 0.493 e. The highest BCUT2D eigenvalue weighted by molar-refractivity contribution is 5.88. The smallest absolute Gasteiger partial charge is 0.248 e. The fourth-order valence-electron chi connectivity index (χ4n) is 4.24. The van der Waals surface area contributed by atoms with E-state index in [1.54, 1.807) is 32.5 Å². The first-order valence-electron chi connectivity index (χ1n) is 11.9. The second-order valence-electron chi connectivity index (χ2n) is 8.49. The molecule has 0 saturated carbocycles. The van der Waals surface area contributed by atoms with E-state index in [4.69, 9.17) is 15.2 Å². The molecule has 1 fully saturated rings. The Balaban J connectivity index is 1.32. The van der Waals surface area contributed by atoms with Crippen LogP contribution in [0.1, 0.15) is 25.0 Å². The van der Waals surface area contributed by atoms with Crippen LogP contribution in [0.3, 0.4) is 0 Å². The van der Waals surface area contributed by atoms with Crippen molar-refractivity contribution in [1.82, 2.24) is 34.6 Å². The molecule has 11 nitrogen and oxygen atoms in total. The number of methoxy groups -OCH3 is 2. The summed E-state index contributed by atoms with van der Waals surface area (Å²) in [5, 5.41) is 8.35. The van der Waals surface area contributed by atoms with Crippen molar-refractivity contribution in [2.75, 3.05) is 44.9 Å². The number of fused-ring (bicyclic) bond motifs is 1. The van der Waals surface area contributed by atoms with Crippen molar-refractivity contribution in [3.05, 3.63) is 48.6 Å². The molecule has 0 amide bonds. The zero-order valence-corrected chi connectivity index (χ0v) is 20.4. The molecular weight excluding hydrogens is 458 g/mol. The Kier molecular flexibility index (Phi) is 6.89. The van der Waals surface area contributed by atoms with Gasteiger partial charge in [-0.05, 0) is 50.2 Å². The number of nitrogens with zero attached hydrogens (tertiary/aromatic N) is 7. The van der Waals surface area contributed by atoms with Crippen molar-refractivity contribution >= 4 is 34.6 Å². The summed E-state index contributed by atoms with van der Waals surface area (Å²) >= 11 is 0. The van der Waals surface area contributed by atoms with Crippen molar-refractivity contribution in [1.29, 1.82) is 0 Å². The lowest BCUT2D eigenvalue weighted by atomic mass is 10.1. The van der Waals surface area contributed by atoms with Crippen LogP contribution in [-0.4, -0.2) is 68.5 Å². The standard InChI is InChI=1S/C25H29N9O2/c1-35-21-13-19-20(14-22(21)36-2)28-16-29-23(19)34-24(26)31-25(32-34)30-18-9-8-17(27-15-18)7-6-12-33-10-4-3-5-11-33/h6-9,13-16H,3-5,10-12H2,1-2H3,(H3,26,30,31,32). The number of nitrogens with two attached hydrogens (primary N) is 1. The minimum Gasteiger partial charge on any atom is -0.493 e. The van der Waals surface area contributed by atoms with Gasteiger partial charge in [0.05, 0.1) is 37.3 Å². The maximum atomic E-state index is 6.19. The summed E-state index contributed by atoms with van der Waals surface area (Å²) in [5.74, 6) is 2.11. The molecule has 0 spiro atoms. The van der Waals surface area contributed by atoms with E-state index >= 15 is 0 Å². The molecule has 186 valence electrons. The van der Waals surface area contributed by atoms with Crippen LogP contribution in [0.5, 0.6) is 11.5 Å². The van der Waals surface area contributed by atoms with Gasteiger partial charge in [-0.2, -0.15) is 9.67 Å². The molecule has 5 rings (SSSR count). The second-order valence-corrected chi connectivity index (χ2v) is 8.49. The first kappa shape index (κ1) is 23.5. The molecule has 36 heavy (non-hydrogen) atoms. The lowest BCUT2D eigenvalue weighted by Gasteiger charge is -2.24. The average Bonchev–Trinajstić information content (AvgIpc) is 3.28. The van der Waals surface area contributed by atoms with Crippen LogP contribution < -0.4 is 20.5 Å². The SMILES string of the molecule is COc1cc2ncnc(-n3nc(Nc4ccc(C=CCN5CCCCC5)nc4)nc3N)c2cc1OC. The maximum absolute atomic E-state index is 6.19. The monoisotopic (exact) mass is 487 g/mol. The van der Waals surface area contributed by atoms with Crippen LogP contribution in [-0.2, 0) is 0 Å². The van der Waals surface area contributed by atoms with E-state index in [9.17, 15) is 0 Å². The zero-order chi connectivity index (χ0) is 24.9. The number of rotatable bonds is 8. The van der Waals surface area contributed by atoms with E-state index in [0.717, 1.165) is 17.9 Å². The van der Waals surface area contributed by atoms with Crippen LogP contribution in [0.4, 0.5) is 17.6 Å². The highest BCUT2D eigenvalue weighted by Crippen LogP contribution is 2.33. The van der Waals surface area contributed by atoms with Gasteiger partial charge in [-0.3, -0.25) is 9.88 Å². The van der Waals surface area contributed by atoms with Crippen molar-refractivity contribution in [2.45, 2.75) is 19.3 Å². The molecule has 4 aromatic rings. The Morgan fingerprint density at radius 1 is 1.03 bits per heavy atom. The number of benzene rings is 1. The number of pyridine rings is 1. The predicted molar refractivity (Wildman–Crippen MR) is 139 cm³/mol. The summed E-state index contributed by atoms with van der Waals surface area (Å²) in [6.07, 6.45) is 11.3. The molecule has 0 unspecified atom stereocenters. The summed E-state index contributed by atoms with van der Waals surface area (Å²) in [7, 11) is 3.15. The van der Waals surface area contributed by atoms with Gasteiger partial charge in [0, 0.05) is 18.0 Å². The third kappa shape index (κ3) is 5.05. The van der Waals surface area contributed by atoms with Crippen LogP contribution in [0.2, 0.25) is 0 Å². The first-order valence-corrected chi connectivity index (χ1v) is 11.9. The molecule has 1 aliphatic heterocycles. The lowest BCUT2D eigenvalue weighted by Crippen LogP contribution is -2.29. The molecule has 1 aromatic carbocycles. The number of piperidine rings is 1. The number of anilines is 3. The summed E-state index contributed by atoms with van der Waals surface area (Å²) in [6, 6.07) is 7.45. The molecule has 3 aromatic heterocycles. The van der Waals surface area contributed by atoms with Gasteiger partial charge in [-0.1, -0.05) is 12.5 Å². The van der Waals surface area contributed by atoms with E-state index in [1.165, 1.54) is 43.4 Å². The molecule has 0 aliphatic carbocycles. The highest BCUT2D eigenvalue weighted by atomic mass is 16.5. The molecule has 0 bridgehead atoms. The normalized spacial score (nSPS) is 14.4. The molecule has 4 heterocycles. The maximum Gasteiger partial charge on any atom is 0.248 e. The van der Waals surface area contributed by atoms with Gasteiger partial charge in [0.15, 0.2) is 17.3 Å². The third-order valence-electron chi connectivity index (χ3n) is 6.10. The zero-order valence-electron chi connectivity index (χ0n) is 20.4. The Morgan fingerprint density at radius 2 is 1.83 bits per heavy atom. The van der Waals surface area contributed by atoms with Crippen molar-refractivity contribution in [3.63, 3.8) is 0 Å². The Morgan fingerprint density at radius 3 is 2.58 bits per heavy atom. The van der Waals surface area contributed by atoms with Gasteiger partial charge in [0.2, 0.25) is 11.9 Å². The first-order chi connectivity index (χ1) is 17.6. The van der Waals surface area contributed by atoms with Crippen LogP contribution in [0, 0.1) is 0 Å². The van der Waals surface area contributed by atoms with Crippen molar-refractivity contribution in [3.8, 4) is 17.3 Å². The van der Waals surface area contributed by atoms with Crippen LogP contribution in [0.15, 0.2) is 42.9 Å². The van der Waals surface area contributed by atoms with E-state index in [-0.39, 0.29) is 5.95 Å². The molecule has 3 N–H and O–H groups in total. The summed E-state index contributed by atoms with van der Waals surface area (Å²) in [5.41, 5.74) is 8.50. The van der Waals surface area contributed by atoms with Gasteiger partial charge in [0.25, 0.3) is 0 Å². The van der Waals surface area contributed by atoms with Crippen LogP contribution in [0.25, 0.3) is 22.8 Å². The number of hydrogen-bond acceptors (Lipinski definition) is 10. The fraction of sp³-hybridized carbons (Fsp3) is 0.320. The lowest BCUT2D eigenvalue weighted by molar-refractivity contribution is 0.252. The highest BCUT2D eigenvalue weighted by Gasteiger charge is 2.16. The Labute approximate surface area is 209 Å². The van der Waals surface area contributed by atoms with Crippen molar-refractivity contribution < 1.29 is 9.47 Å². The minimum absolute atomic E-state index is 0.178. The number of ether oxygens (including phenoxy) is 2. The number of hydrogen-bond donors (Lipinski definition) is 2. The van der Waals surface area contributed by atoms with Gasteiger partial charge >= 0.3 is 0 Å². The molecule has 1 saturated heterocycles. The topological polar surface area (TPSA) is 129 Å². The van der Waals surface area contributed by atoms with E-state index < -0.39 is 0 Å². The fourth-order valence-corrected chi connectivity index (χ4v) is 4.24. The Bertz CT molecular complexity index is 1360. The van der Waals surface area contributed by atoms with Gasteiger partial charge in [-0.15, -0.1) is 5.10 Å². The summed E-state index contributed by atoms with van der Waals surface area (Å²) in [4.78, 5) is 20.0. The minimum atomic E-state index is 0.178. The third-order valence-corrected chi connectivity index (χ3v) is 6.10. The van der Waals surface area contributed by atoms with E-state index in [1.807, 2.05) is 18.2 Å². The Hall–Kier alpha value is -4.25. The van der Waals surface area contributed by atoms with E-state index in [2.05, 4.69) is 41.3 Å². The second kappa shape index (κ2) is 10.6. The predicted octanol–water partition coefficient (Wildman–Crippen LogP) is 3.45. The quantitative estimate of drug-likeness (QED) is 0.381. The summed E-state index contributed by atoms with van der Waals surface area (Å²) in [6.45, 7) is 3.31. The molecule has 11 heteroatoms. The van der Waals surface area contributed by atoms with Crippen LogP contribution >= 0.6 is 0 Å². The van der Waals surface area contributed by atoms with Gasteiger partial charge in [-0.25, -0.2) is 9.97 Å².